The van der Waals surface area contributed by atoms with Crippen LogP contribution in [0.3, 0.4) is 0 Å². The summed E-state index contributed by atoms with van der Waals surface area (Å²) in [4.78, 5) is 8.12. The van der Waals surface area contributed by atoms with Gasteiger partial charge in [0.25, 0.3) is 0 Å². The van der Waals surface area contributed by atoms with E-state index in [1.165, 1.54) is 0 Å². The molecule has 1 aromatic heterocycles. The Kier molecular flexibility index (Phi) is 2.18. The number of aromatic nitrogens is 2. The Morgan fingerprint density at radius 2 is 2.50 bits per heavy atom. The summed E-state index contributed by atoms with van der Waals surface area (Å²) in [6, 6.07) is 0.515. The minimum Gasteiger partial charge on any atom is -0.365 e. The van der Waals surface area contributed by atoms with Gasteiger partial charge in [0, 0.05) is 25.0 Å². The van der Waals surface area contributed by atoms with Crippen molar-refractivity contribution in [2.75, 3.05) is 18.4 Å². The maximum Gasteiger partial charge on any atom is 0.144 e. The smallest absolute Gasteiger partial charge is 0.144 e. The second-order valence-electron chi connectivity index (χ2n) is 2.92. The highest BCUT2D eigenvalue weighted by atomic mass is 15.1. The lowest BCUT2D eigenvalue weighted by atomic mass is 10.3. The van der Waals surface area contributed by atoms with Crippen molar-refractivity contribution in [1.82, 2.24) is 15.3 Å². The summed E-state index contributed by atoms with van der Waals surface area (Å²) in [6.07, 6.45) is 6.29. The van der Waals surface area contributed by atoms with Crippen molar-refractivity contribution in [3.8, 4) is 0 Å². The van der Waals surface area contributed by atoms with Gasteiger partial charge in [-0.1, -0.05) is 0 Å². The molecule has 2 N–H and O–H groups in total. The normalized spacial score (nSPS) is 22.5. The minimum atomic E-state index is 0.515. The second kappa shape index (κ2) is 3.49. The molecule has 1 fully saturated rings. The molecule has 4 nitrogen and oxygen atoms in total. The van der Waals surface area contributed by atoms with Gasteiger partial charge in [-0.15, -0.1) is 0 Å². The fourth-order valence-electron chi connectivity index (χ4n) is 1.36. The van der Waals surface area contributed by atoms with Gasteiger partial charge in [-0.3, -0.25) is 4.98 Å². The number of nitrogens with zero attached hydrogens (tertiary/aromatic N) is 2. The molecule has 1 atom stereocenters. The fourth-order valence-corrected chi connectivity index (χ4v) is 1.36. The quantitative estimate of drug-likeness (QED) is 0.658. The van der Waals surface area contributed by atoms with E-state index < -0.39 is 0 Å². The van der Waals surface area contributed by atoms with E-state index in [1.807, 2.05) is 0 Å². The van der Waals surface area contributed by atoms with Crippen LogP contribution >= 0.6 is 0 Å². The molecule has 0 bridgehead atoms. The first-order valence-corrected chi connectivity index (χ1v) is 4.18. The van der Waals surface area contributed by atoms with Crippen LogP contribution in [0.15, 0.2) is 18.6 Å². The molecule has 2 heterocycles. The van der Waals surface area contributed by atoms with Crippen LogP contribution in [0.4, 0.5) is 5.82 Å². The largest absolute Gasteiger partial charge is 0.365 e. The molecule has 1 aliphatic heterocycles. The molecule has 4 heteroatoms. The third-order valence-corrected chi connectivity index (χ3v) is 1.98. The van der Waals surface area contributed by atoms with Gasteiger partial charge < -0.3 is 10.6 Å². The van der Waals surface area contributed by atoms with Gasteiger partial charge in [0.1, 0.15) is 5.82 Å². The van der Waals surface area contributed by atoms with Crippen molar-refractivity contribution in [1.29, 1.82) is 0 Å². The fraction of sp³-hybridized carbons (Fsp3) is 0.500. The molecule has 0 saturated carbocycles. The van der Waals surface area contributed by atoms with Crippen molar-refractivity contribution < 1.29 is 0 Å². The Labute approximate surface area is 71.4 Å². The summed E-state index contributed by atoms with van der Waals surface area (Å²) in [6.45, 7) is 2.12. The number of hydrogen-bond donors (Lipinski definition) is 2. The van der Waals surface area contributed by atoms with Gasteiger partial charge >= 0.3 is 0 Å². The molecule has 0 unspecified atom stereocenters. The van der Waals surface area contributed by atoms with Crippen molar-refractivity contribution >= 4 is 5.82 Å². The maximum absolute atomic E-state index is 4.14. The maximum atomic E-state index is 4.14. The Hall–Kier alpha value is -1.16. The van der Waals surface area contributed by atoms with Gasteiger partial charge in [-0.25, -0.2) is 4.98 Å². The molecular formula is C8H12N4. The highest BCUT2D eigenvalue weighted by molar-refractivity contribution is 5.31. The van der Waals surface area contributed by atoms with Crippen LogP contribution in [0, 0.1) is 0 Å². The molecular weight excluding hydrogens is 152 g/mol. The van der Waals surface area contributed by atoms with E-state index in [2.05, 4.69) is 20.6 Å². The summed E-state index contributed by atoms with van der Waals surface area (Å²) < 4.78 is 0. The summed E-state index contributed by atoms with van der Waals surface area (Å²) in [5.74, 6) is 0.867. The van der Waals surface area contributed by atoms with Crippen LogP contribution in [0.25, 0.3) is 0 Å². The predicted octanol–water partition coefficient (Wildman–Crippen LogP) is 0.250. The number of anilines is 1. The molecule has 12 heavy (non-hydrogen) atoms. The Morgan fingerprint density at radius 3 is 3.17 bits per heavy atom. The number of hydrogen-bond acceptors (Lipinski definition) is 4. The summed E-state index contributed by atoms with van der Waals surface area (Å²) in [5.41, 5.74) is 0. The zero-order valence-electron chi connectivity index (χ0n) is 6.83. The van der Waals surface area contributed by atoms with E-state index in [-0.39, 0.29) is 0 Å². The predicted molar refractivity (Wildman–Crippen MR) is 46.9 cm³/mol. The van der Waals surface area contributed by atoms with Crippen LogP contribution in [0.2, 0.25) is 0 Å². The molecule has 1 saturated heterocycles. The zero-order chi connectivity index (χ0) is 8.23. The van der Waals surface area contributed by atoms with E-state index in [0.29, 0.717) is 6.04 Å². The highest BCUT2D eigenvalue weighted by Gasteiger charge is 2.13. The van der Waals surface area contributed by atoms with Gasteiger partial charge in [-0.2, -0.15) is 0 Å². The van der Waals surface area contributed by atoms with Crippen molar-refractivity contribution in [2.45, 2.75) is 12.5 Å². The van der Waals surface area contributed by atoms with Crippen LogP contribution in [-0.4, -0.2) is 29.1 Å². The summed E-state index contributed by atoms with van der Waals surface area (Å²) in [5, 5.41) is 6.59. The van der Waals surface area contributed by atoms with Crippen LogP contribution in [0.1, 0.15) is 6.42 Å². The molecule has 0 aliphatic carbocycles. The van der Waals surface area contributed by atoms with Gasteiger partial charge in [0.05, 0.1) is 6.20 Å². The van der Waals surface area contributed by atoms with E-state index >= 15 is 0 Å². The molecule has 64 valence electrons. The van der Waals surface area contributed by atoms with Gasteiger partial charge in [0.2, 0.25) is 0 Å². The average Bonchev–Trinajstić information content (AvgIpc) is 2.59. The number of nitrogens with one attached hydrogen (secondary N) is 2. The third-order valence-electron chi connectivity index (χ3n) is 1.98. The first-order chi connectivity index (χ1) is 5.95. The Bertz CT molecular complexity index is 230. The topological polar surface area (TPSA) is 49.8 Å². The number of rotatable bonds is 2. The Balaban J connectivity index is 1.94. The van der Waals surface area contributed by atoms with E-state index in [1.54, 1.807) is 18.6 Å². The molecule has 0 radical (unpaired) electrons. The molecule has 0 amide bonds. The molecule has 2 rings (SSSR count). The van der Waals surface area contributed by atoms with Gasteiger partial charge in [-0.05, 0) is 13.0 Å². The van der Waals surface area contributed by atoms with E-state index in [9.17, 15) is 0 Å². The average molecular weight is 164 g/mol. The molecule has 0 aromatic carbocycles. The van der Waals surface area contributed by atoms with Crippen LogP contribution < -0.4 is 10.6 Å². The van der Waals surface area contributed by atoms with Gasteiger partial charge in [0.15, 0.2) is 0 Å². The third kappa shape index (κ3) is 1.71. The molecule has 1 aromatic rings. The Morgan fingerprint density at radius 1 is 1.50 bits per heavy atom. The lowest BCUT2D eigenvalue weighted by Gasteiger charge is -2.10. The van der Waals surface area contributed by atoms with E-state index in [0.717, 1.165) is 25.3 Å². The molecule has 0 spiro atoms. The summed E-state index contributed by atoms with van der Waals surface area (Å²) in [7, 11) is 0. The van der Waals surface area contributed by atoms with Crippen LogP contribution in [0.5, 0.6) is 0 Å². The zero-order valence-corrected chi connectivity index (χ0v) is 6.83. The monoisotopic (exact) mass is 164 g/mol. The minimum absolute atomic E-state index is 0.515. The first-order valence-electron chi connectivity index (χ1n) is 4.18. The van der Waals surface area contributed by atoms with Crippen molar-refractivity contribution in [3.63, 3.8) is 0 Å². The standard InChI is InChI=1S/C8H12N4/c1-2-9-5-7(1)12-8-6-10-3-4-11-8/h3-4,6-7,9H,1-2,5H2,(H,11,12)/t7-/m0/s1. The highest BCUT2D eigenvalue weighted by Crippen LogP contribution is 2.05. The van der Waals surface area contributed by atoms with Crippen molar-refractivity contribution in [2.24, 2.45) is 0 Å². The lowest BCUT2D eigenvalue weighted by molar-refractivity contribution is 0.786. The van der Waals surface area contributed by atoms with Crippen LogP contribution in [-0.2, 0) is 0 Å². The summed E-state index contributed by atoms with van der Waals surface area (Å²) >= 11 is 0. The molecule has 1 aliphatic rings. The van der Waals surface area contributed by atoms with E-state index in [4.69, 9.17) is 0 Å². The SMILES string of the molecule is c1cnc(N[C@H]2CCNC2)cn1. The lowest BCUT2D eigenvalue weighted by Crippen LogP contribution is -2.22. The van der Waals surface area contributed by atoms with Crippen molar-refractivity contribution in [3.05, 3.63) is 18.6 Å². The second-order valence-corrected chi connectivity index (χ2v) is 2.92. The first kappa shape index (κ1) is 7.49.